The van der Waals surface area contributed by atoms with Crippen LogP contribution in [0.1, 0.15) is 23.6 Å². The third-order valence-corrected chi connectivity index (χ3v) is 4.17. The highest BCUT2D eigenvalue weighted by Crippen LogP contribution is 2.26. The molecule has 1 atom stereocenters. The van der Waals surface area contributed by atoms with Gasteiger partial charge in [0.1, 0.15) is 0 Å². The number of hydrogen-bond donors (Lipinski definition) is 1. The predicted octanol–water partition coefficient (Wildman–Crippen LogP) is 4.69. The minimum Gasteiger partial charge on any atom is -0.324 e. The summed E-state index contributed by atoms with van der Waals surface area (Å²) in [5, 5.41) is 5.37. The van der Waals surface area contributed by atoms with Crippen LogP contribution in [0.4, 0.5) is 0 Å². The van der Waals surface area contributed by atoms with Gasteiger partial charge in [-0.1, -0.05) is 29.3 Å². The van der Waals surface area contributed by atoms with E-state index < -0.39 is 0 Å². The molecular formula is C13H13Cl2NS. The Labute approximate surface area is 115 Å². The van der Waals surface area contributed by atoms with Crippen molar-refractivity contribution in [1.82, 2.24) is 0 Å². The van der Waals surface area contributed by atoms with E-state index in [1.165, 1.54) is 5.56 Å². The number of benzene rings is 1. The van der Waals surface area contributed by atoms with Gasteiger partial charge in [-0.05, 0) is 52.9 Å². The molecular weight excluding hydrogens is 273 g/mol. The van der Waals surface area contributed by atoms with E-state index in [0.29, 0.717) is 10.0 Å². The molecule has 1 unspecified atom stereocenters. The average molecular weight is 286 g/mol. The SMILES string of the molecule is NC(CCc1ccsc1)c1ccc(Cl)c(Cl)c1. The van der Waals surface area contributed by atoms with Gasteiger partial charge in [-0.2, -0.15) is 11.3 Å². The van der Waals surface area contributed by atoms with E-state index in [-0.39, 0.29) is 6.04 Å². The van der Waals surface area contributed by atoms with E-state index in [1.807, 2.05) is 12.1 Å². The van der Waals surface area contributed by atoms with Crippen LogP contribution in [0.15, 0.2) is 35.0 Å². The Hall–Kier alpha value is -0.540. The van der Waals surface area contributed by atoms with Crippen LogP contribution < -0.4 is 5.73 Å². The molecule has 0 aliphatic rings. The molecule has 2 N–H and O–H groups in total. The van der Waals surface area contributed by atoms with Crippen LogP contribution in [0.5, 0.6) is 0 Å². The lowest BCUT2D eigenvalue weighted by Gasteiger charge is -2.12. The second-order valence-electron chi connectivity index (χ2n) is 3.95. The first kappa shape index (κ1) is 12.9. The van der Waals surface area contributed by atoms with E-state index in [2.05, 4.69) is 16.8 Å². The van der Waals surface area contributed by atoms with Crippen LogP contribution >= 0.6 is 34.5 Å². The van der Waals surface area contributed by atoms with Crippen molar-refractivity contribution in [3.63, 3.8) is 0 Å². The van der Waals surface area contributed by atoms with Gasteiger partial charge in [0.2, 0.25) is 0 Å². The van der Waals surface area contributed by atoms with Gasteiger partial charge in [-0.3, -0.25) is 0 Å². The van der Waals surface area contributed by atoms with E-state index in [1.54, 1.807) is 17.4 Å². The van der Waals surface area contributed by atoms with Gasteiger partial charge in [0.25, 0.3) is 0 Å². The van der Waals surface area contributed by atoms with Crippen molar-refractivity contribution in [2.75, 3.05) is 0 Å². The summed E-state index contributed by atoms with van der Waals surface area (Å²) in [6, 6.07) is 7.72. The molecule has 90 valence electrons. The summed E-state index contributed by atoms with van der Waals surface area (Å²) in [6.45, 7) is 0. The van der Waals surface area contributed by atoms with Crippen LogP contribution in [-0.4, -0.2) is 0 Å². The number of rotatable bonds is 4. The Balaban J connectivity index is 1.99. The molecule has 0 saturated carbocycles. The van der Waals surface area contributed by atoms with Crippen molar-refractivity contribution in [3.05, 3.63) is 56.2 Å². The molecule has 0 bridgehead atoms. The van der Waals surface area contributed by atoms with Crippen LogP contribution in [-0.2, 0) is 6.42 Å². The molecule has 0 fully saturated rings. The van der Waals surface area contributed by atoms with Gasteiger partial charge < -0.3 is 5.73 Å². The van der Waals surface area contributed by atoms with Crippen molar-refractivity contribution < 1.29 is 0 Å². The summed E-state index contributed by atoms with van der Waals surface area (Å²) in [5.41, 5.74) is 8.51. The third-order valence-electron chi connectivity index (χ3n) is 2.70. The molecule has 0 amide bonds. The summed E-state index contributed by atoms with van der Waals surface area (Å²) in [5.74, 6) is 0. The maximum Gasteiger partial charge on any atom is 0.0595 e. The van der Waals surface area contributed by atoms with E-state index in [4.69, 9.17) is 28.9 Å². The van der Waals surface area contributed by atoms with E-state index >= 15 is 0 Å². The summed E-state index contributed by atoms with van der Waals surface area (Å²) >= 11 is 13.6. The van der Waals surface area contributed by atoms with E-state index in [0.717, 1.165) is 18.4 Å². The first-order chi connectivity index (χ1) is 8.16. The lowest BCUT2D eigenvalue weighted by Crippen LogP contribution is -2.11. The Morgan fingerprint density at radius 3 is 2.65 bits per heavy atom. The number of hydrogen-bond acceptors (Lipinski definition) is 2. The zero-order valence-corrected chi connectivity index (χ0v) is 11.5. The van der Waals surface area contributed by atoms with Crippen LogP contribution in [0.2, 0.25) is 10.0 Å². The van der Waals surface area contributed by atoms with Crippen LogP contribution in [0.25, 0.3) is 0 Å². The fourth-order valence-electron chi connectivity index (χ4n) is 1.67. The van der Waals surface area contributed by atoms with Gasteiger partial charge in [-0.25, -0.2) is 0 Å². The lowest BCUT2D eigenvalue weighted by molar-refractivity contribution is 0.652. The second-order valence-corrected chi connectivity index (χ2v) is 5.54. The fourth-order valence-corrected chi connectivity index (χ4v) is 2.68. The summed E-state index contributed by atoms with van der Waals surface area (Å²) < 4.78 is 0. The quantitative estimate of drug-likeness (QED) is 0.867. The molecule has 0 radical (unpaired) electrons. The highest BCUT2D eigenvalue weighted by Gasteiger charge is 2.08. The zero-order valence-electron chi connectivity index (χ0n) is 9.20. The molecule has 1 heterocycles. The maximum absolute atomic E-state index is 6.13. The molecule has 4 heteroatoms. The maximum atomic E-state index is 6.13. The van der Waals surface area contributed by atoms with Gasteiger partial charge in [-0.15, -0.1) is 0 Å². The lowest BCUT2D eigenvalue weighted by atomic mass is 10.0. The smallest absolute Gasteiger partial charge is 0.0595 e. The molecule has 2 rings (SSSR count). The highest BCUT2D eigenvalue weighted by molar-refractivity contribution is 7.07. The molecule has 0 saturated heterocycles. The van der Waals surface area contributed by atoms with E-state index in [9.17, 15) is 0 Å². The van der Waals surface area contributed by atoms with Crippen molar-refractivity contribution in [3.8, 4) is 0 Å². The molecule has 0 aliphatic carbocycles. The largest absolute Gasteiger partial charge is 0.324 e. The Kier molecular flexibility index (Phi) is 4.46. The summed E-state index contributed by atoms with van der Waals surface area (Å²) in [6.07, 6.45) is 1.90. The van der Waals surface area contributed by atoms with Gasteiger partial charge in [0, 0.05) is 6.04 Å². The number of nitrogens with two attached hydrogens (primary N) is 1. The Morgan fingerprint density at radius 2 is 2.00 bits per heavy atom. The van der Waals surface area contributed by atoms with Crippen molar-refractivity contribution in [2.45, 2.75) is 18.9 Å². The summed E-state index contributed by atoms with van der Waals surface area (Å²) in [4.78, 5) is 0. The number of halogens is 2. The van der Waals surface area contributed by atoms with Crippen LogP contribution in [0, 0.1) is 0 Å². The molecule has 17 heavy (non-hydrogen) atoms. The Bertz CT molecular complexity index is 482. The third kappa shape index (κ3) is 3.46. The minimum atomic E-state index is 0.00432. The highest BCUT2D eigenvalue weighted by atomic mass is 35.5. The van der Waals surface area contributed by atoms with Crippen molar-refractivity contribution in [2.24, 2.45) is 5.73 Å². The van der Waals surface area contributed by atoms with Crippen LogP contribution in [0.3, 0.4) is 0 Å². The average Bonchev–Trinajstić information content (AvgIpc) is 2.82. The summed E-state index contributed by atoms with van der Waals surface area (Å²) in [7, 11) is 0. The topological polar surface area (TPSA) is 26.0 Å². The molecule has 1 aromatic carbocycles. The molecule has 0 spiro atoms. The van der Waals surface area contributed by atoms with Crippen molar-refractivity contribution >= 4 is 34.5 Å². The molecule has 1 aromatic heterocycles. The molecule has 0 aliphatic heterocycles. The predicted molar refractivity (Wildman–Crippen MR) is 76.0 cm³/mol. The first-order valence-corrected chi connectivity index (χ1v) is 7.08. The van der Waals surface area contributed by atoms with Gasteiger partial charge in [0.05, 0.1) is 10.0 Å². The first-order valence-electron chi connectivity index (χ1n) is 5.38. The monoisotopic (exact) mass is 285 g/mol. The molecule has 2 aromatic rings. The zero-order chi connectivity index (χ0) is 12.3. The number of aryl methyl sites for hydroxylation is 1. The van der Waals surface area contributed by atoms with Gasteiger partial charge >= 0.3 is 0 Å². The number of thiophene rings is 1. The van der Waals surface area contributed by atoms with Gasteiger partial charge in [0.15, 0.2) is 0 Å². The second kappa shape index (κ2) is 5.87. The normalized spacial score (nSPS) is 12.6. The minimum absolute atomic E-state index is 0.00432. The molecule has 1 nitrogen and oxygen atoms in total. The fraction of sp³-hybridized carbons (Fsp3) is 0.231. The Morgan fingerprint density at radius 1 is 1.18 bits per heavy atom. The standard InChI is InChI=1S/C13H13Cl2NS/c14-11-3-2-10(7-12(11)15)13(16)4-1-9-5-6-17-8-9/h2-3,5-8,13H,1,4,16H2. The van der Waals surface area contributed by atoms with Crippen molar-refractivity contribution in [1.29, 1.82) is 0 Å².